The normalized spacial score (nSPS) is 24.8. The summed E-state index contributed by atoms with van der Waals surface area (Å²) in [6.45, 7) is 0.486. The third-order valence-electron chi connectivity index (χ3n) is 3.49. The van der Waals surface area contributed by atoms with Crippen molar-refractivity contribution in [3.63, 3.8) is 0 Å². The minimum absolute atomic E-state index is 0.148. The van der Waals surface area contributed by atoms with E-state index >= 15 is 0 Å². The first-order valence-electron chi connectivity index (χ1n) is 6.48. The standard InChI is InChI=1S/C14H18Cl2FN/c15-11-6-7-13(17)10(8-11)9-18-14-5-3-1-2-4-12(14)16/h6-8,12,14,18H,1-5,9H2. The molecular weight excluding hydrogens is 272 g/mol. The van der Waals surface area contributed by atoms with Crippen LogP contribution in [0, 0.1) is 5.82 Å². The summed E-state index contributed by atoms with van der Waals surface area (Å²) >= 11 is 12.2. The second kappa shape index (κ2) is 6.74. The van der Waals surface area contributed by atoms with Crippen LogP contribution in [0.2, 0.25) is 5.02 Å². The maximum absolute atomic E-state index is 13.6. The van der Waals surface area contributed by atoms with Gasteiger partial charge in [-0.15, -0.1) is 11.6 Å². The summed E-state index contributed by atoms with van der Waals surface area (Å²) in [7, 11) is 0. The molecule has 100 valence electrons. The summed E-state index contributed by atoms with van der Waals surface area (Å²) in [5.74, 6) is -0.216. The summed E-state index contributed by atoms with van der Waals surface area (Å²) in [4.78, 5) is 0. The van der Waals surface area contributed by atoms with Crippen LogP contribution >= 0.6 is 23.2 Å². The lowest BCUT2D eigenvalue weighted by molar-refractivity contribution is 0.457. The van der Waals surface area contributed by atoms with Crippen molar-refractivity contribution in [3.8, 4) is 0 Å². The van der Waals surface area contributed by atoms with Crippen LogP contribution in [0.5, 0.6) is 0 Å². The van der Waals surface area contributed by atoms with Crippen LogP contribution in [-0.4, -0.2) is 11.4 Å². The molecule has 1 aliphatic rings. The molecule has 1 aromatic carbocycles. The Labute approximate surface area is 118 Å². The second-order valence-electron chi connectivity index (χ2n) is 4.88. The molecule has 2 unspecified atom stereocenters. The van der Waals surface area contributed by atoms with Gasteiger partial charge in [0.05, 0.1) is 0 Å². The molecule has 1 nitrogen and oxygen atoms in total. The number of halogens is 3. The molecular formula is C14H18Cl2FN. The van der Waals surface area contributed by atoms with Crippen LogP contribution in [0.15, 0.2) is 18.2 Å². The quantitative estimate of drug-likeness (QED) is 0.638. The highest BCUT2D eigenvalue weighted by Gasteiger charge is 2.21. The van der Waals surface area contributed by atoms with Gasteiger partial charge < -0.3 is 5.32 Å². The Morgan fingerprint density at radius 1 is 1.22 bits per heavy atom. The topological polar surface area (TPSA) is 12.0 Å². The molecule has 0 spiro atoms. The maximum Gasteiger partial charge on any atom is 0.127 e. The van der Waals surface area contributed by atoms with Gasteiger partial charge in [-0.1, -0.05) is 30.9 Å². The first kappa shape index (κ1) is 14.1. The van der Waals surface area contributed by atoms with E-state index in [2.05, 4.69) is 5.32 Å². The minimum atomic E-state index is -0.216. The average molecular weight is 290 g/mol. The Morgan fingerprint density at radius 2 is 2.00 bits per heavy atom. The Morgan fingerprint density at radius 3 is 2.83 bits per heavy atom. The van der Waals surface area contributed by atoms with E-state index in [0.29, 0.717) is 17.1 Å². The molecule has 1 N–H and O–H groups in total. The van der Waals surface area contributed by atoms with Gasteiger partial charge in [0.25, 0.3) is 0 Å². The van der Waals surface area contributed by atoms with E-state index in [1.807, 2.05) is 0 Å². The summed E-state index contributed by atoms with van der Waals surface area (Å²) < 4.78 is 13.6. The summed E-state index contributed by atoms with van der Waals surface area (Å²) in [5.41, 5.74) is 0.607. The smallest absolute Gasteiger partial charge is 0.127 e. The molecule has 0 bridgehead atoms. The molecule has 0 amide bonds. The van der Waals surface area contributed by atoms with Crippen molar-refractivity contribution in [1.29, 1.82) is 0 Å². The zero-order valence-corrected chi connectivity index (χ0v) is 11.8. The van der Waals surface area contributed by atoms with E-state index in [4.69, 9.17) is 23.2 Å². The molecule has 4 heteroatoms. The van der Waals surface area contributed by atoms with Crippen LogP contribution in [0.4, 0.5) is 4.39 Å². The monoisotopic (exact) mass is 289 g/mol. The third-order valence-corrected chi connectivity index (χ3v) is 4.25. The Balaban J connectivity index is 1.95. The lowest BCUT2D eigenvalue weighted by atomic mass is 10.1. The lowest BCUT2D eigenvalue weighted by Crippen LogP contribution is -2.36. The summed E-state index contributed by atoms with van der Waals surface area (Å²) in [6, 6.07) is 4.91. The van der Waals surface area contributed by atoms with Crippen LogP contribution in [0.1, 0.15) is 37.7 Å². The van der Waals surface area contributed by atoms with Gasteiger partial charge in [0, 0.05) is 28.5 Å². The number of alkyl halides is 1. The van der Waals surface area contributed by atoms with Gasteiger partial charge in [0.2, 0.25) is 0 Å². The molecule has 0 aromatic heterocycles. The van der Waals surface area contributed by atoms with Gasteiger partial charge in [-0.2, -0.15) is 0 Å². The highest BCUT2D eigenvalue weighted by Crippen LogP contribution is 2.23. The van der Waals surface area contributed by atoms with Gasteiger partial charge in [0.1, 0.15) is 5.82 Å². The van der Waals surface area contributed by atoms with Crippen LogP contribution in [0.3, 0.4) is 0 Å². The number of hydrogen-bond donors (Lipinski definition) is 1. The highest BCUT2D eigenvalue weighted by molar-refractivity contribution is 6.30. The Bertz CT molecular complexity index is 397. The van der Waals surface area contributed by atoms with E-state index < -0.39 is 0 Å². The van der Waals surface area contributed by atoms with Crippen LogP contribution in [-0.2, 0) is 6.54 Å². The molecule has 2 rings (SSSR count). The van der Waals surface area contributed by atoms with Crippen molar-refractivity contribution < 1.29 is 4.39 Å². The van der Waals surface area contributed by atoms with Crippen LogP contribution in [0.25, 0.3) is 0 Å². The van der Waals surface area contributed by atoms with Crippen molar-refractivity contribution in [3.05, 3.63) is 34.6 Å². The zero-order valence-electron chi connectivity index (χ0n) is 10.3. The van der Waals surface area contributed by atoms with E-state index in [1.54, 1.807) is 12.1 Å². The van der Waals surface area contributed by atoms with Gasteiger partial charge in [0.15, 0.2) is 0 Å². The fourth-order valence-corrected chi connectivity index (χ4v) is 2.98. The number of nitrogens with one attached hydrogen (secondary N) is 1. The van der Waals surface area contributed by atoms with Crippen molar-refractivity contribution in [1.82, 2.24) is 5.32 Å². The largest absolute Gasteiger partial charge is 0.308 e. The van der Waals surface area contributed by atoms with Crippen molar-refractivity contribution in [2.75, 3.05) is 0 Å². The number of rotatable bonds is 3. The average Bonchev–Trinajstić information content (AvgIpc) is 2.55. The number of hydrogen-bond acceptors (Lipinski definition) is 1. The molecule has 1 aliphatic carbocycles. The molecule has 0 aliphatic heterocycles. The molecule has 1 saturated carbocycles. The predicted octanol–water partition coefficient (Wildman–Crippen LogP) is 4.51. The molecule has 0 radical (unpaired) electrons. The van der Waals surface area contributed by atoms with Gasteiger partial charge in [-0.25, -0.2) is 4.39 Å². The summed E-state index contributed by atoms with van der Waals surface area (Å²) in [6.07, 6.45) is 5.73. The minimum Gasteiger partial charge on any atom is -0.308 e. The maximum atomic E-state index is 13.6. The lowest BCUT2D eigenvalue weighted by Gasteiger charge is -2.21. The molecule has 0 heterocycles. The van der Waals surface area contributed by atoms with E-state index in [-0.39, 0.29) is 17.2 Å². The molecule has 2 atom stereocenters. The molecule has 18 heavy (non-hydrogen) atoms. The summed E-state index contributed by atoms with van der Waals surface area (Å²) in [5, 5.41) is 4.08. The SMILES string of the molecule is Fc1ccc(Cl)cc1CNC1CCCCCC1Cl. The fourth-order valence-electron chi connectivity index (χ4n) is 2.41. The third kappa shape index (κ3) is 3.84. The Kier molecular flexibility index (Phi) is 5.28. The van der Waals surface area contributed by atoms with Crippen molar-refractivity contribution >= 4 is 23.2 Å². The van der Waals surface area contributed by atoms with Crippen molar-refractivity contribution in [2.45, 2.75) is 50.1 Å². The fraction of sp³-hybridized carbons (Fsp3) is 0.571. The first-order chi connectivity index (χ1) is 8.66. The van der Waals surface area contributed by atoms with Gasteiger partial charge in [-0.05, 0) is 31.0 Å². The first-order valence-corrected chi connectivity index (χ1v) is 7.29. The van der Waals surface area contributed by atoms with Crippen molar-refractivity contribution in [2.24, 2.45) is 0 Å². The zero-order chi connectivity index (χ0) is 13.0. The van der Waals surface area contributed by atoms with Gasteiger partial charge in [-0.3, -0.25) is 0 Å². The molecule has 1 aromatic rings. The molecule has 1 fully saturated rings. The molecule has 0 saturated heterocycles. The van der Waals surface area contributed by atoms with Crippen LogP contribution < -0.4 is 5.32 Å². The second-order valence-corrected chi connectivity index (χ2v) is 5.87. The van der Waals surface area contributed by atoms with E-state index in [9.17, 15) is 4.39 Å². The van der Waals surface area contributed by atoms with E-state index in [1.165, 1.54) is 25.3 Å². The highest BCUT2D eigenvalue weighted by atomic mass is 35.5. The predicted molar refractivity (Wildman–Crippen MR) is 74.8 cm³/mol. The van der Waals surface area contributed by atoms with Gasteiger partial charge >= 0.3 is 0 Å². The van der Waals surface area contributed by atoms with E-state index in [0.717, 1.165) is 12.8 Å². The number of benzene rings is 1. The Hall–Kier alpha value is -0.310.